The summed E-state index contributed by atoms with van der Waals surface area (Å²) in [5.41, 5.74) is 2.01. The van der Waals surface area contributed by atoms with Crippen molar-refractivity contribution < 1.29 is 17.9 Å². The summed E-state index contributed by atoms with van der Waals surface area (Å²) in [7, 11) is -3.77. The van der Waals surface area contributed by atoms with Crippen LogP contribution in [0, 0.1) is 0 Å². The Labute approximate surface area is 188 Å². The van der Waals surface area contributed by atoms with Crippen LogP contribution in [0.5, 0.6) is 0 Å². The Balaban J connectivity index is 1.47. The maximum absolute atomic E-state index is 12.9. The van der Waals surface area contributed by atoms with Crippen LogP contribution in [0.15, 0.2) is 52.1 Å². The molecule has 0 atom stereocenters. The van der Waals surface area contributed by atoms with Gasteiger partial charge in [0, 0.05) is 23.3 Å². The first-order valence-electron chi connectivity index (χ1n) is 9.21. The van der Waals surface area contributed by atoms with Gasteiger partial charge >= 0.3 is 0 Å². The van der Waals surface area contributed by atoms with E-state index in [1.165, 1.54) is 22.7 Å². The molecule has 1 saturated heterocycles. The van der Waals surface area contributed by atoms with Gasteiger partial charge in [0.25, 0.3) is 10.0 Å². The molecular weight excluding hydrogens is 464 g/mol. The van der Waals surface area contributed by atoms with Gasteiger partial charge in [-0.05, 0) is 40.8 Å². The summed E-state index contributed by atoms with van der Waals surface area (Å²) in [5.74, 6) is -0.0314. The number of thiophene rings is 2. The van der Waals surface area contributed by atoms with E-state index in [2.05, 4.69) is 4.72 Å². The molecule has 6 nitrogen and oxygen atoms in total. The number of sulfonamides is 1. The third kappa shape index (κ3) is 4.87. The van der Waals surface area contributed by atoms with Crippen LogP contribution in [0.4, 0.5) is 5.69 Å². The van der Waals surface area contributed by atoms with Gasteiger partial charge in [0.1, 0.15) is 0 Å². The fourth-order valence-corrected chi connectivity index (χ4v) is 6.11. The fourth-order valence-electron chi connectivity index (χ4n) is 3.11. The minimum Gasteiger partial charge on any atom is -0.378 e. The van der Waals surface area contributed by atoms with Gasteiger partial charge in [-0.1, -0.05) is 23.7 Å². The Morgan fingerprint density at radius 3 is 2.50 bits per heavy atom. The van der Waals surface area contributed by atoms with Crippen LogP contribution in [0.1, 0.15) is 5.56 Å². The van der Waals surface area contributed by atoms with E-state index in [-0.39, 0.29) is 17.2 Å². The number of hydrogen-bond donors (Lipinski definition) is 1. The fraction of sp³-hybridized carbons (Fsp3) is 0.250. The lowest BCUT2D eigenvalue weighted by Gasteiger charge is -2.26. The highest BCUT2D eigenvalue weighted by molar-refractivity contribution is 7.92. The van der Waals surface area contributed by atoms with Crippen LogP contribution in [-0.2, 0) is 26.0 Å². The summed E-state index contributed by atoms with van der Waals surface area (Å²) < 4.78 is 34.3. The van der Waals surface area contributed by atoms with Crippen molar-refractivity contribution >= 4 is 55.9 Å². The first-order valence-corrected chi connectivity index (χ1v) is 12.8. The van der Waals surface area contributed by atoms with E-state index in [4.69, 9.17) is 16.3 Å². The Kier molecular flexibility index (Phi) is 6.45. The molecule has 0 bridgehead atoms. The van der Waals surface area contributed by atoms with Crippen molar-refractivity contribution in [1.29, 1.82) is 0 Å². The molecule has 0 aliphatic carbocycles. The summed E-state index contributed by atoms with van der Waals surface area (Å²) in [6, 6.07) is 10.4. The molecule has 1 N–H and O–H groups in total. The minimum absolute atomic E-state index is 0.0314. The number of anilines is 1. The molecule has 30 heavy (non-hydrogen) atoms. The second-order valence-corrected chi connectivity index (χ2v) is 10.9. The number of nitrogens with one attached hydrogen (secondary N) is 1. The van der Waals surface area contributed by atoms with Crippen LogP contribution in [-0.4, -0.2) is 45.5 Å². The van der Waals surface area contributed by atoms with Gasteiger partial charge in [-0.2, -0.15) is 0 Å². The first-order chi connectivity index (χ1) is 14.4. The normalized spacial score (nSPS) is 14.6. The molecule has 0 spiro atoms. The van der Waals surface area contributed by atoms with E-state index in [0.717, 1.165) is 10.4 Å². The maximum Gasteiger partial charge on any atom is 0.261 e. The highest BCUT2D eigenvalue weighted by atomic mass is 35.5. The summed E-state index contributed by atoms with van der Waals surface area (Å²) in [5, 5.41) is 3.52. The number of benzene rings is 1. The van der Waals surface area contributed by atoms with E-state index >= 15 is 0 Å². The molecular formula is C20H19ClN2O4S3. The molecule has 10 heteroatoms. The van der Waals surface area contributed by atoms with Gasteiger partial charge in [0.2, 0.25) is 5.91 Å². The molecule has 4 rings (SSSR count). The molecule has 158 valence electrons. The molecule has 1 aliphatic heterocycles. The van der Waals surface area contributed by atoms with E-state index < -0.39 is 10.0 Å². The van der Waals surface area contributed by atoms with Gasteiger partial charge in [0.05, 0.1) is 34.6 Å². The second kappa shape index (κ2) is 9.07. The number of hydrogen-bond acceptors (Lipinski definition) is 6. The standard InChI is InChI=1S/C20H19ClN2O4S3/c21-19-6-5-18(29-19)14-1-3-16(4-2-14)30(25,26)22-17-13-28-12-15(17)11-20(24)23-7-9-27-10-8-23/h1-6,12-13,22H,7-11H2. The maximum atomic E-state index is 12.9. The zero-order valence-electron chi connectivity index (χ0n) is 15.8. The van der Waals surface area contributed by atoms with Crippen LogP contribution in [0.3, 0.4) is 0 Å². The zero-order chi connectivity index (χ0) is 21.1. The third-order valence-corrected chi connectivity index (χ3v) is 8.17. The number of amides is 1. The average Bonchev–Trinajstić information content (AvgIpc) is 3.37. The van der Waals surface area contributed by atoms with E-state index in [9.17, 15) is 13.2 Å². The second-order valence-electron chi connectivity index (χ2n) is 6.71. The Morgan fingerprint density at radius 2 is 1.83 bits per heavy atom. The van der Waals surface area contributed by atoms with Crippen LogP contribution in [0.25, 0.3) is 10.4 Å². The summed E-state index contributed by atoms with van der Waals surface area (Å²) in [6.45, 7) is 2.18. The van der Waals surface area contributed by atoms with Gasteiger partial charge in [-0.15, -0.1) is 22.7 Å². The monoisotopic (exact) mass is 482 g/mol. The van der Waals surface area contributed by atoms with Gasteiger partial charge in [0.15, 0.2) is 0 Å². The van der Waals surface area contributed by atoms with Gasteiger partial charge in [-0.25, -0.2) is 8.42 Å². The summed E-state index contributed by atoms with van der Waals surface area (Å²) in [4.78, 5) is 15.4. The van der Waals surface area contributed by atoms with Crippen molar-refractivity contribution in [3.8, 4) is 10.4 Å². The molecule has 3 heterocycles. The summed E-state index contributed by atoms with van der Waals surface area (Å²) in [6.07, 6.45) is 0.152. The van der Waals surface area contributed by atoms with Crippen LogP contribution in [0.2, 0.25) is 4.34 Å². The van der Waals surface area contributed by atoms with Crippen molar-refractivity contribution in [3.05, 3.63) is 57.1 Å². The molecule has 0 saturated carbocycles. The Bertz CT molecular complexity index is 1130. The lowest BCUT2D eigenvalue weighted by molar-refractivity contribution is -0.134. The number of carbonyl (C=O) groups is 1. The van der Waals surface area contributed by atoms with Crippen LogP contribution < -0.4 is 4.72 Å². The smallest absolute Gasteiger partial charge is 0.261 e. The largest absolute Gasteiger partial charge is 0.378 e. The van der Waals surface area contributed by atoms with Crippen molar-refractivity contribution in [3.63, 3.8) is 0 Å². The molecule has 0 unspecified atom stereocenters. The predicted octanol–water partition coefficient (Wildman–Crippen LogP) is 4.33. The molecule has 1 aliphatic rings. The van der Waals surface area contributed by atoms with E-state index in [1.54, 1.807) is 39.9 Å². The molecule has 1 amide bonds. The Morgan fingerprint density at radius 1 is 1.10 bits per heavy atom. The highest BCUT2D eigenvalue weighted by Gasteiger charge is 2.21. The number of morpholine rings is 1. The van der Waals surface area contributed by atoms with E-state index in [0.29, 0.717) is 41.9 Å². The number of rotatable bonds is 6. The van der Waals surface area contributed by atoms with Crippen molar-refractivity contribution in [2.24, 2.45) is 0 Å². The average molecular weight is 483 g/mol. The number of ether oxygens (including phenoxy) is 1. The third-order valence-electron chi connectivity index (χ3n) is 4.71. The summed E-state index contributed by atoms with van der Waals surface area (Å²) >= 11 is 8.77. The minimum atomic E-state index is -3.77. The van der Waals surface area contributed by atoms with Crippen LogP contribution >= 0.6 is 34.3 Å². The SMILES string of the molecule is O=C(Cc1cscc1NS(=O)(=O)c1ccc(-c2ccc(Cl)s2)cc1)N1CCOCC1. The van der Waals surface area contributed by atoms with Crippen molar-refractivity contribution in [2.75, 3.05) is 31.0 Å². The lowest BCUT2D eigenvalue weighted by Crippen LogP contribution is -2.41. The Hall–Kier alpha value is -1.91. The number of nitrogens with zero attached hydrogens (tertiary/aromatic N) is 1. The van der Waals surface area contributed by atoms with Crippen molar-refractivity contribution in [1.82, 2.24) is 4.90 Å². The quantitative estimate of drug-likeness (QED) is 0.567. The zero-order valence-corrected chi connectivity index (χ0v) is 19.0. The molecule has 3 aromatic rings. The molecule has 1 aromatic carbocycles. The highest BCUT2D eigenvalue weighted by Crippen LogP contribution is 2.32. The molecule has 0 radical (unpaired) electrons. The number of halogens is 1. The van der Waals surface area contributed by atoms with Crippen molar-refractivity contribution in [2.45, 2.75) is 11.3 Å². The lowest BCUT2D eigenvalue weighted by atomic mass is 10.2. The number of carbonyl (C=O) groups excluding carboxylic acids is 1. The molecule has 1 fully saturated rings. The predicted molar refractivity (Wildman–Crippen MR) is 121 cm³/mol. The van der Waals surface area contributed by atoms with Gasteiger partial charge < -0.3 is 9.64 Å². The molecule has 2 aromatic heterocycles. The first kappa shape index (κ1) is 21.3. The van der Waals surface area contributed by atoms with Gasteiger partial charge in [-0.3, -0.25) is 9.52 Å². The van der Waals surface area contributed by atoms with E-state index in [1.807, 2.05) is 12.1 Å². The topological polar surface area (TPSA) is 75.7 Å².